The predicted molar refractivity (Wildman–Crippen MR) is 147 cm³/mol. The molecule has 0 aliphatic heterocycles. The molecule has 0 bridgehead atoms. The Balaban J connectivity index is 1.28. The molecule has 4 nitrogen and oxygen atoms in total. The van der Waals surface area contributed by atoms with E-state index in [1.165, 1.54) is 43.8 Å². The highest BCUT2D eigenvalue weighted by Crippen LogP contribution is 2.42. The van der Waals surface area contributed by atoms with Crippen LogP contribution in [0.25, 0.3) is 33.2 Å². The van der Waals surface area contributed by atoms with Gasteiger partial charge in [0.2, 0.25) is 0 Å². The minimum atomic E-state index is -0.779. The molecule has 3 aromatic carbocycles. The second kappa shape index (κ2) is 9.41. The van der Waals surface area contributed by atoms with E-state index >= 15 is 0 Å². The molecule has 180 valence electrons. The number of benzene rings is 3. The minimum absolute atomic E-state index is 0.207. The minimum Gasteiger partial charge on any atom is -0.448 e. The van der Waals surface area contributed by atoms with Gasteiger partial charge in [-0.2, -0.15) is 5.06 Å². The van der Waals surface area contributed by atoms with Gasteiger partial charge in [0.05, 0.1) is 12.3 Å². The zero-order chi connectivity index (χ0) is 24.6. The number of hydrogen-bond donors (Lipinski definition) is 1. The first kappa shape index (κ1) is 22.8. The fourth-order valence-corrected chi connectivity index (χ4v) is 6.45. The van der Waals surface area contributed by atoms with Crippen molar-refractivity contribution in [2.75, 3.05) is 11.7 Å². The molecule has 36 heavy (non-hydrogen) atoms. The number of carbonyl (C=O) groups excluding carboxylic acids is 1. The summed E-state index contributed by atoms with van der Waals surface area (Å²) < 4.78 is 4.90. The molecule has 1 aromatic heterocycles. The Labute approximate surface area is 215 Å². The van der Waals surface area contributed by atoms with Crippen molar-refractivity contribution in [1.29, 1.82) is 0 Å². The van der Waals surface area contributed by atoms with E-state index in [1.807, 2.05) is 12.1 Å². The number of hydroxylamine groups is 1. The fourth-order valence-electron chi connectivity index (χ4n) is 5.40. The maximum absolute atomic E-state index is 11.9. The van der Waals surface area contributed by atoms with Gasteiger partial charge < -0.3 is 4.74 Å². The third kappa shape index (κ3) is 4.04. The number of aryl methyl sites for hydroxylation is 1. The van der Waals surface area contributed by atoms with E-state index in [0.717, 1.165) is 36.1 Å². The van der Waals surface area contributed by atoms with Crippen LogP contribution >= 0.6 is 11.3 Å². The highest BCUT2D eigenvalue weighted by Gasteiger charge is 2.23. The van der Waals surface area contributed by atoms with Crippen LogP contribution in [0.2, 0.25) is 0 Å². The summed E-state index contributed by atoms with van der Waals surface area (Å²) in [5, 5.41) is 10.7. The summed E-state index contributed by atoms with van der Waals surface area (Å²) in [6.45, 7) is 1.92. The van der Waals surface area contributed by atoms with Gasteiger partial charge in [0, 0.05) is 9.75 Å². The molecular weight excluding hydrogens is 466 g/mol. The van der Waals surface area contributed by atoms with E-state index < -0.39 is 6.09 Å². The highest BCUT2D eigenvalue weighted by atomic mass is 32.1. The van der Waals surface area contributed by atoms with Gasteiger partial charge in [0.1, 0.15) is 0 Å². The summed E-state index contributed by atoms with van der Waals surface area (Å²) in [5.74, 6) is 0. The summed E-state index contributed by atoms with van der Waals surface area (Å²) in [4.78, 5) is 14.3. The molecule has 0 saturated heterocycles. The van der Waals surface area contributed by atoms with Gasteiger partial charge in [-0.25, -0.2) is 4.79 Å². The molecular formula is C31H27NO3S. The van der Waals surface area contributed by atoms with Crippen molar-refractivity contribution in [3.63, 3.8) is 0 Å². The van der Waals surface area contributed by atoms with Gasteiger partial charge in [-0.05, 0) is 101 Å². The molecule has 1 heterocycles. The number of rotatable bonds is 4. The van der Waals surface area contributed by atoms with Crippen LogP contribution in [0.15, 0.2) is 72.8 Å². The molecule has 2 aliphatic rings. The number of thiophene rings is 1. The molecule has 0 saturated carbocycles. The second-order valence-corrected chi connectivity index (χ2v) is 10.3. The summed E-state index contributed by atoms with van der Waals surface area (Å²) in [5.41, 5.74) is 11.3. The number of nitrogens with zero attached hydrogens (tertiary/aromatic N) is 1. The van der Waals surface area contributed by atoms with Crippen LogP contribution in [-0.2, 0) is 24.0 Å². The van der Waals surface area contributed by atoms with Gasteiger partial charge in [-0.1, -0.05) is 54.6 Å². The number of allylic oxidation sites excluding steroid dienone is 1. The predicted octanol–water partition coefficient (Wildman–Crippen LogP) is 8.02. The van der Waals surface area contributed by atoms with E-state index in [-0.39, 0.29) is 6.61 Å². The van der Waals surface area contributed by atoms with Crippen LogP contribution in [0.3, 0.4) is 0 Å². The lowest BCUT2D eigenvalue weighted by atomic mass is 9.78. The van der Waals surface area contributed by atoms with Crippen LogP contribution in [0.4, 0.5) is 10.5 Å². The standard InChI is InChI=1S/C31H27NO3S/c1-2-35-31(33)32(34)24-8-5-7-22(19-24)29-16-17-30(36-29)23-12-13-26-21(18-23)11-15-27-25-9-4-3-6-20(25)10-14-28(26)27/h3-9,11,15-19,34H,2,10,12-14H2,1H3. The number of fused-ring (bicyclic) bond motifs is 5. The maximum atomic E-state index is 11.9. The molecule has 0 spiro atoms. The Morgan fingerprint density at radius 2 is 1.72 bits per heavy atom. The maximum Gasteiger partial charge on any atom is 0.438 e. The molecule has 0 fully saturated rings. The first-order chi connectivity index (χ1) is 17.6. The molecule has 5 heteroatoms. The van der Waals surface area contributed by atoms with Gasteiger partial charge in [-0.15, -0.1) is 11.3 Å². The van der Waals surface area contributed by atoms with Crippen molar-refractivity contribution in [1.82, 2.24) is 0 Å². The second-order valence-electron chi connectivity index (χ2n) is 9.21. The fraction of sp³-hybridized carbons (Fsp3) is 0.194. The zero-order valence-electron chi connectivity index (χ0n) is 20.2. The van der Waals surface area contributed by atoms with E-state index in [2.05, 4.69) is 54.6 Å². The molecule has 4 aromatic rings. The summed E-state index contributed by atoms with van der Waals surface area (Å²) >= 11 is 1.74. The normalized spacial score (nSPS) is 13.8. The van der Waals surface area contributed by atoms with Gasteiger partial charge in [0.25, 0.3) is 0 Å². The van der Waals surface area contributed by atoms with Crippen LogP contribution in [0, 0.1) is 0 Å². The van der Waals surface area contributed by atoms with Crippen LogP contribution in [-0.4, -0.2) is 17.9 Å². The molecule has 6 rings (SSSR count). The molecule has 0 radical (unpaired) electrons. The monoisotopic (exact) mass is 493 g/mol. The summed E-state index contributed by atoms with van der Waals surface area (Å²) in [7, 11) is 0. The van der Waals surface area contributed by atoms with E-state index in [0.29, 0.717) is 10.8 Å². The number of ether oxygens (including phenoxy) is 1. The quantitative estimate of drug-likeness (QED) is 0.231. The zero-order valence-corrected chi connectivity index (χ0v) is 21.0. The lowest BCUT2D eigenvalue weighted by Gasteiger charge is -2.26. The molecule has 1 N–H and O–H groups in total. The number of carbonyl (C=O) groups is 1. The molecule has 0 atom stereocenters. The van der Waals surface area contributed by atoms with E-state index in [9.17, 15) is 10.0 Å². The van der Waals surface area contributed by atoms with E-state index in [1.54, 1.807) is 30.4 Å². The SMILES string of the molecule is CCOC(=O)N(O)c1cccc(-c2ccc(C3=Cc4ccc5c(c4CC3)CCc3ccccc3-5)s2)c1. The third-order valence-corrected chi connectivity index (χ3v) is 8.34. The van der Waals surface area contributed by atoms with E-state index in [4.69, 9.17) is 4.74 Å². The molecule has 0 unspecified atom stereocenters. The van der Waals surface area contributed by atoms with Crippen molar-refractivity contribution in [2.24, 2.45) is 0 Å². The van der Waals surface area contributed by atoms with Crippen molar-refractivity contribution in [2.45, 2.75) is 32.6 Å². The Kier molecular flexibility index (Phi) is 5.96. The summed E-state index contributed by atoms with van der Waals surface area (Å²) in [6, 6.07) is 25.0. The highest BCUT2D eigenvalue weighted by molar-refractivity contribution is 7.16. The van der Waals surface area contributed by atoms with Gasteiger partial charge in [0.15, 0.2) is 0 Å². The topological polar surface area (TPSA) is 49.8 Å². The number of amides is 1. The van der Waals surface area contributed by atoms with Crippen LogP contribution < -0.4 is 5.06 Å². The molecule has 2 aliphatic carbocycles. The third-order valence-electron chi connectivity index (χ3n) is 7.13. The average molecular weight is 494 g/mol. The Morgan fingerprint density at radius 1 is 0.889 bits per heavy atom. The number of anilines is 1. The average Bonchev–Trinajstić information content (AvgIpc) is 3.43. The van der Waals surface area contributed by atoms with Crippen molar-refractivity contribution < 1.29 is 14.7 Å². The Bertz CT molecular complexity index is 1500. The first-order valence-electron chi connectivity index (χ1n) is 12.4. The Morgan fingerprint density at radius 3 is 2.61 bits per heavy atom. The van der Waals surface area contributed by atoms with Crippen LogP contribution in [0.5, 0.6) is 0 Å². The lowest BCUT2D eigenvalue weighted by molar-refractivity contribution is 0.125. The largest absolute Gasteiger partial charge is 0.448 e. The van der Waals surface area contributed by atoms with Crippen LogP contribution in [0.1, 0.15) is 40.5 Å². The van der Waals surface area contributed by atoms with Crippen molar-refractivity contribution in [3.05, 3.63) is 99.9 Å². The van der Waals surface area contributed by atoms with Crippen molar-refractivity contribution in [3.8, 4) is 21.6 Å². The lowest BCUT2D eigenvalue weighted by Crippen LogP contribution is -2.27. The van der Waals surface area contributed by atoms with Crippen molar-refractivity contribution >= 4 is 34.8 Å². The first-order valence-corrected chi connectivity index (χ1v) is 13.2. The summed E-state index contributed by atoms with van der Waals surface area (Å²) in [6.07, 6.45) is 5.91. The smallest absolute Gasteiger partial charge is 0.438 e. The Hall–Kier alpha value is -3.67. The van der Waals surface area contributed by atoms with Gasteiger partial charge in [-0.3, -0.25) is 5.21 Å². The number of hydrogen-bond acceptors (Lipinski definition) is 4. The molecule has 1 amide bonds. The van der Waals surface area contributed by atoms with Gasteiger partial charge >= 0.3 is 6.09 Å².